The Bertz CT molecular complexity index is 2440. The summed E-state index contributed by atoms with van der Waals surface area (Å²) in [5.74, 6) is 0. The van der Waals surface area contributed by atoms with E-state index < -0.39 is 0 Å². The van der Waals surface area contributed by atoms with Crippen molar-refractivity contribution in [2.24, 2.45) is 0 Å². The van der Waals surface area contributed by atoms with E-state index in [-0.39, 0.29) is 0 Å². The minimum Gasteiger partial charge on any atom is -0.309 e. The summed E-state index contributed by atoms with van der Waals surface area (Å²) in [4.78, 5) is 2.57. The van der Waals surface area contributed by atoms with Crippen molar-refractivity contribution < 1.29 is 0 Å². The maximum absolute atomic E-state index is 2.57. The fourth-order valence-corrected chi connectivity index (χ4v) is 7.47. The highest BCUT2D eigenvalue weighted by molar-refractivity contribution is 6.09. The number of benzene rings is 8. The summed E-state index contributed by atoms with van der Waals surface area (Å²) in [6.45, 7) is 7.35. The highest BCUT2D eigenvalue weighted by Crippen LogP contribution is 2.35. The molecule has 9 rings (SSSR count). The first-order valence-electron chi connectivity index (χ1n) is 17.3. The molecule has 2 heteroatoms. The van der Waals surface area contributed by atoms with Gasteiger partial charge in [0.05, 0.1) is 11.0 Å². The Morgan fingerprint density at radius 2 is 0.939 bits per heavy atom. The lowest BCUT2D eigenvalue weighted by Crippen LogP contribution is -2.22. The van der Waals surface area contributed by atoms with Crippen molar-refractivity contribution in [3.63, 3.8) is 0 Å². The average Bonchev–Trinajstić information content (AvgIpc) is 3.50. The Morgan fingerprint density at radius 3 is 1.53 bits per heavy atom. The van der Waals surface area contributed by atoms with Gasteiger partial charge in [-0.3, -0.25) is 4.90 Å². The van der Waals surface area contributed by atoms with Gasteiger partial charge in [-0.15, -0.1) is 0 Å². The summed E-state index contributed by atoms with van der Waals surface area (Å²) < 4.78 is 2.39. The van der Waals surface area contributed by atoms with E-state index in [1.165, 1.54) is 76.5 Å². The van der Waals surface area contributed by atoms with Crippen LogP contribution in [-0.4, -0.2) is 16.0 Å². The molecule has 9 aromatic rings. The van der Waals surface area contributed by atoms with Crippen molar-refractivity contribution in [2.75, 3.05) is 6.54 Å². The number of fused-ring (bicyclic) bond motifs is 6. The Kier molecular flexibility index (Phi) is 8.39. The molecule has 8 aromatic carbocycles. The molecule has 0 aliphatic rings. The molecule has 238 valence electrons. The molecule has 0 bridgehead atoms. The monoisotopic (exact) mass is 632 g/mol. The Labute approximate surface area is 288 Å². The van der Waals surface area contributed by atoms with Crippen LogP contribution >= 0.6 is 0 Å². The maximum atomic E-state index is 2.57. The molecule has 0 radical (unpaired) electrons. The largest absolute Gasteiger partial charge is 0.309 e. The van der Waals surface area contributed by atoms with Gasteiger partial charge in [-0.1, -0.05) is 146 Å². The minimum absolute atomic E-state index is 0.911. The van der Waals surface area contributed by atoms with Gasteiger partial charge >= 0.3 is 0 Å². The van der Waals surface area contributed by atoms with Gasteiger partial charge in [0.1, 0.15) is 0 Å². The lowest BCUT2D eigenvalue weighted by atomic mass is 9.92. The van der Waals surface area contributed by atoms with Gasteiger partial charge in [0.2, 0.25) is 0 Å². The van der Waals surface area contributed by atoms with Gasteiger partial charge in [0.15, 0.2) is 0 Å². The quantitative estimate of drug-likeness (QED) is 0.166. The smallest absolute Gasteiger partial charge is 0.0541 e. The molecular weight excluding hydrogens is 593 g/mol. The summed E-state index contributed by atoms with van der Waals surface area (Å²) in [6.07, 6.45) is 0. The summed E-state index contributed by atoms with van der Waals surface area (Å²) >= 11 is 0. The van der Waals surface area contributed by atoms with Gasteiger partial charge in [-0.25, -0.2) is 0 Å². The van der Waals surface area contributed by atoms with E-state index in [2.05, 4.69) is 193 Å². The van der Waals surface area contributed by atoms with Crippen LogP contribution in [0.5, 0.6) is 0 Å². The first-order valence-corrected chi connectivity index (χ1v) is 17.3. The molecule has 0 aliphatic heterocycles. The molecule has 0 saturated heterocycles. The lowest BCUT2D eigenvalue weighted by Gasteiger charge is -2.24. The molecule has 0 fully saturated rings. The normalized spacial score (nSPS) is 11.5. The van der Waals surface area contributed by atoms with E-state index in [9.17, 15) is 0 Å². The van der Waals surface area contributed by atoms with Gasteiger partial charge < -0.3 is 4.57 Å². The van der Waals surface area contributed by atoms with Crippen LogP contribution in [0, 0.1) is 6.92 Å². The van der Waals surface area contributed by atoms with Crippen molar-refractivity contribution in [3.8, 4) is 5.69 Å². The number of aromatic nitrogens is 1. The van der Waals surface area contributed by atoms with Crippen LogP contribution in [0.2, 0.25) is 0 Å². The molecule has 0 saturated carbocycles. The second-order valence-electron chi connectivity index (χ2n) is 12.9. The summed E-state index contributed by atoms with van der Waals surface area (Å²) in [6, 6.07) is 61.0. The SMILES string of the molecule is CCN(Cc1ccc2c(c1)c1ccccc1n2-c1ccccc1)Cc1c2ccccc2c(C)c2ccccc12.c1ccc2ccccc2c1. The number of nitrogens with zero attached hydrogens (tertiary/aromatic N) is 2. The van der Waals surface area contributed by atoms with Gasteiger partial charge in [0.25, 0.3) is 0 Å². The molecular formula is C47H40N2. The third kappa shape index (κ3) is 5.86. The molecule has 1 heterocycles. The summed E-state index contributed by atoms with van der Waals surface area (Å²) in [7, 11) is 0. The lowest BCUT2D eigenvalue weighted by molar-refractivity contribution is 0.273. The average molecular weight is 633 g/mol. The van der Waals surface area contributed by atoms with Crippen LogP contribution in [0.3, 0.4) is 0 Å². The molecule has 49 heavy (non-hydrogen) atoms. The molecule has 0 N–H and O–H groups in total. The second-order valence-corrected chi connectivity index (χ2v) is 12.9. The van der Waals surface area contributed by atoms with E-state index in [4.69, 9.17) is 0 Å². The Balaban J connectivity index is 0.000000298. The van der Waals surface area contributed by atoms with Crippen LogP contribution in [0.25, 0.3) is 59.8 Å². The van der Waals surface area contributed by atoms with Crippen LogP contribution in [-0.2, 0) is 13.1 Å². The van der Waals surface area contributed by atoms with Gasteiger partial charge in [0, 0.05) is 29.5 Å². The fraction of sp³-hybridized carbons (Fsp3) is 0.106. The van der Waals surface area contributed by atoms with Crippen molar-refractivity contribution >= 4 is 54.1 Å². The van der Waals surface area contributed by atoms with Crippen LogP contribution in [0.15, 0.2) is 170 Å². The van der Waals surface area contributed by atoms with Crippen molar-refractivity contribution in [2.45, 2.75) is 26.9 Å². The van der Waals surface area contributed by atoms with Crippen LogP contribution < -0.4 is 0 Å². The molecule has 0 spiro atoms. The third-order valence-electron chi connectivity index (χ3n) is 9.96. The molecule has 0 amide bonds. The van der Waals surface area contributed by atoms with Gasteiger partial charge in [-0.05, 0) is 92.8 Å². The molecule has 0 aliphatic carbocycles. The van der Waals surface area contributed by atoms with Crippen LogP contribution in [0.4, 0.5) is 0 Å². The predicted octanol–water partition coefficient (Wildman–Crippen LogP) is 12.3. The molecule has 1 aromatic heterocycles. The number of rotatable bonds is 6. The zero-order valence-corrected chi connectivity index (χ0v) is 28.2. The predicted molar refractivity (Wildman–Crippen MR) is 211 cm³/mol. The fourth-order valence-electron chi connectivity index (χ4n) is 7.47. The number of hydrogen-bond donors (Lipinski definition) is 0. The summed E-state index contributed by atoms with van der Waals surface area (Å²) in [5, 5.41) is 10.7. The van der Waals surface area contributed by atoms with E-state index in [1.54, 1.807) is 0 Å². The third-order valence-corrected chi connectivity index (χ3v) is 9.96. The topological polar surface area (TPSA) is 8.17 Å². The summed E-state index contributed by atoms with van der Waals surface area (Å²) in [5.41, 5.74) is 7.85. The Hall–Kier alpha value is -5.70. The van der Waals surface area contributed by atoms with Crippen molar-refractivity contribution in [1.82, 2.24) is 9.47 Å². The molecule has 2 nitrogen and oxygen atoms in total. The zero-order valence-electron chi connectivity index (χ0n) is 28.2. The Morgan fingerprint density at radius 1 is 0.449 bits per heavy atom. The molecule has 0 unspecified atom stereocenters. The van der Waals surface area contributed by atoms with E-state index in [1.807, 2.05) is 0 Å². The second kappa shape index (κ2) is 13.4. The number of para-hydroxylation sites is 2. The van der Waals surface area contributed by atoms with E-state index in [0.717, 1.165) is 19.6 Å². The highest BCUT2D eigenvalue weighted by Gasteiger charge is 2.16. The molecule has 0 atom stereocenters. The number of aryl methyl sites for hydroxylation is 1. The van der Waals surface area contributed by atoms with Crippen LogP contribution in [0.1, 0.15) is 23.6 Å². The van der Waals surface area contributed by atoms with Crippen molar-refractivity contribution in [1.29, 1.82) is 0 Å². The minimum atomic E-state index is 0.911. The van der Waals surface area contributed by atoms with Gasteiger partial charge in [-0.2, -0.15) is 0 Å². The first kappa shape index (κ1) is 30.6. The number of hydrogen-bond acceptors (Lipinski definition) is 1. The van der Waals surface area contributed by atoms with E-state index >= 15 is 0 Å². The van der Waals surface area contributed by atoms with Crippen molar-refractivity contribution in [3.05, 3.63) is 187 Å². The maximum Gasteiger partial charge on any atom is 0.0541 e. The zero-order chi connectivity index (χ0) is 33.2. The standard InChI is InChI=1S/C37H32N2.C10H8/c1-3-38(25-35-31-17-9-7-15-29(31)26(2)30-16-8-10-18-32(30)35)24-27-21-22-37-34(23-27)33-19-11-12-20-36(33)39(37)28-13-5-4-6-14-28;1-2-6-10-8-4-3-7-9(10)5-1/h4-23H,3,24-25H2,1-2H3;1-8H. The highest BCUT2D eigenvalue weighted by atomic mass is 15.1. The van der Waals surface area contributed by atoms with E-state index in [0.29, 0.717) is 0 Å². The first-order chi connectivity index (χ1) is 24.2.